The summed E-state index contributed by atoms with van der Waals surface area (Å²) < 4.78 is 5.36. The van der Waals surface area contributed by atoms with E-state index in [1.165, 1.54) is 5.57 Å². The molecule has 7 heteroatoms. The molecule has 2 N–H and O–H groups in total. The zero-order chi connectivity index (χ0) is 21.4. The van der Waals surface area contributed by atoms with Crippen LogP contribution in [0.5, 0.6) is 0 Å². The molecule has 2 aromatic rings. The van der Waals surface area contributed by atoms with Crippen molar-refractivity contribution < 1.29 is 14.3 Å². The normalized spacial score (nSPS) is 22.9. The molecule has 4 heterocycles. The molecule has 0 radical (unpaired) electrons. The van der Waals surface area contributed by atoms with Crippen molar-refractivity contribution in [2.24, 2.45) is 11.7 Å². The number of carbonyl (C=O) groups is 2. The van der Waals surface area contributed by atoms with E-state index in [4.69, 9.17) is 10.5 Å². The molecule has 3 amide bonds. The predicted molar refractivity (Wildman–Crippen MR) is 116 cm³/mol. The van der Waals surface area contributed by atoms with Crippen molar-refractivity contribution in [1.29, 1.82) is 0 Å². The maximum absolute atomic E-state index is 12.6. The third kappa shape index (κ3) is 3.70. The van der Waals surface area contributed by atoms with Crippen molar-refractivity contribution in [3.8, 4) is 0 Å². The first-order valence-electron chi connectivity index (χ1n) is 10.8. The second-order valence-corrected chi connectivity index (χ2v) is 8.39. The molecule has 0 bridgehead atoms. The zero-order valence-electron chi connectivity index (χ0n) is 17.4. The van der Waals surface area contributed by atoms with E-state index in [9.17, 15) is 9.59 Å². The van der Waals surface area contributed by atoms with Gasteiger partial charge in [0.2, 0.25) is 5.91 Å². The second-order valence-electron chi connectivity index (χ2n) is 8.39. The number of carbonyl (C=O) groups excluding carboxylic acids is 2. The Bertz CT molecular complexity index is 1030. The lowest BCUT2D eigenvalue weighted by Crippen LogP contribution is -2.39. The van der Waals surface area contributed by atoms with Crippen molar-refractivity contribution >= 4 is 17.5 Å². The highest BCUT2D eigenvalue weighted by Gasteiger charge is 2.34. The van der Waals surface area contributed by atoms with Crippen molar-refractivity contribution in [3.63, 3.8) is 0 Å². The number of pyridine rings is 1. The van der Waals surface area contributed by atoms with Gasteiger partial charge in [0.1, 0.15) is 0 Å². The van der Waals surface area contributed by atoms with E-state index in [2.05, 4.69) is 35.3 Å². The van der Waals surface area contributed by atoms with E-state index < -0.39 is 6.03 Å². The molecule has 1 fully saturated rings. The molecule has 1 aromatic carbocycles. The first kappa shape index (κ1) is 19.8. The molecule has 3 aliphatic heterocycles. The largest absolute Gasteiger partial charge is 0.381 e. The van der Waals surface area contributed by atoms with Crippen LogP contribution < -0.4 is 5.73 Å². The number of ether oxygens (including phenoxy) is 1. The number of hydrogen-bond donors (Lipinski definition) is 1. The number of nitrogens with zero attached hydrogens (tertiary/aromatic N) is 3. The van der Waals surface area contributed by atoms with E-state index in [0.29, 0.717) is 26.3 Å². The maximum Gasteiger partial charge on any atom is 0.315 e. The summed E-state index contributed by atoms with van der Waals surface area (Å²) >= 11 is 0. The highest BCUT2D eigenvalue weighted by Crippen LogP contribution is 2.38. The summed E-state index contributed by atoms with van der Waals surface area (Å²) in [5.41, 5.74) is 11.2. The number of fused-ring (bicyclic) bond motifs is 1. The number of amides is 3. The zero-order valence-corrected chi connectivity index (χ0v) is 17.4. The molecule has 0 aliphatic carbocycles. The van der Waals surface area contributed by atoms with Crippen LogP contribution in [0.2, 0.25) is 0 Å². The van der Waals surface area contributed by atoms with Crippen molar-refractivity contribution in [2.75, 3.05) is 26.3 Å². The summed E-state index contributed by atoms with van der Waals surface area (Å²) in [5, 5.41) is 0. The van der Waals surface area contributed by atoms with Crippen LogP contribution in [-0.2, 0) is 16.1 Å². The Morgan fingerprint density at radius 2 is 2.00 bits per heavy atom. The molecule has 5 rings (SSSR count). The third-order valence-electron chi connectivity index (χ3n) is 6.57. The SMILES string of the molecule is NC(=O)N1Cc2cnccc2C1c1ccc(C2=CCN(C(=O)[C@@H]3CCOC3)CC2)cc1. The van der Waals surface area contributed by atoms with Gasteiger partial charge in [0.05, 0.1) is 25.1 Å². The summed E-state index contributed by atoms with van der Waals surface area (Å²) in [5.74, 6) is 0.232. The quantitative estimate of drug-likeness (QED) is 0.830. The van der Waals surface area contributed by atoms with E-state index in [1.54, 1.807) is 17.3 Å². The highest BCUT2D eigenvalue weighted by molar-refractivity contribution is 5.81. The van der Waals surface area contributed by atoms with Crippen LogP contribution in [0.1, 0.15) is 41.1 Å². The minimum Gasteiger partial charge on any atom is -0.381 e. The minimum atomic E-state index is -0.433. The van der Waals surface area contributed by atoms with Gasteiger partial charge in [-0.15, -0.1) is 0 Å². The van der Waals surface area contributed by atoms with E-state index in [1.807, 2.05) is 11.0 Å². The Balaban J connectivity index is 1.32. The van der Waals surface area contributed by atoms with Crippen LogP contribution in [0.3, 0.4) is 0 Å². The lowest BCUT2D eigenvalue weighted by molar-refractivity contribution is -0.135. The molecule has 1 saturated heterocycles. The number of nitrogens with two attached hydrogens (primary N) is 1. The van der Waals surface area contributed by atoms with Gasteiger partial charge in [0, 0.05) is 32.1 Å². The first-order chi connectivity index (χ1) is 15.1. The molecule has 160 valence electrons. The smallest absolute Gasteiger partial charge is 0.315 e. The molecule has 1 unspecified atom stereocenters. The first-order valence-corrected chi connectivity index (χ1v) is 10.8. The Hall–Kier alpha value is -3.19. The second kappa shape index (κ2) is 8.15. The fourth-order valence-electron chi connectivity index (χ4n) is 4.84. The molecule has 0 saturated carbocycles. The summed E-state index contributed by atoms with van der Waals surface area (Å²) in [7, 11) is 0. The topological polar surface area (TPSA) is 88.8 Å². The van der Waals surface area contributed by atoms with Gasteiger partial charge in [0.25, 0.3) is 0 Å². The third-order valence-corrected chi connectivity index (χ3v) is 6.57. The Morgan fingerprint density at radius 1 is 1.16 bits per heavy atom. The number of primary amides is 1. The van der Waals surface area contributed by atoms with Crippen LogP contribution in [0, 0.1) is 5.92 Å². The lowest BCUT2D eigenvalue weighted by atomic mass is 9.94. The summed E-state index contributed by atoms with van der Waals surface area (Å²) in [6.07, 6.45) is 7.37. The highest BCUT2D eigenvalue weighted by atomic mass is 16.5. The van der Waals surface area contributed by atoms with Crippen molar-refractivity contribution in [1.82, 2.24) is 14.8 Å². The molecular weight excluding hydrogens is 392 g/mol. The van der Waals surface area contributed by atoms with Crippen molar-refractivity contribution in [2.45, 2.75) is 25.4 Å². The van der Waals surface area contributed by atoms with Crippen LogP contribution in [0.15, 0.2) is 48.8 Å². The predicted octanol–water partition coefficient (Wildman–Crippen LogP) is 2.72. The molecule has 3 aliphatic rings. The Kier molecular flexibility index (Phi) is 5.19. The fraction of sp³-hybridized carbons (Fsp3) is 0.375. The number of rotatable bonds is 3. The Morgan fingerprint density at radius 3 is 2.68 bits per heavy atom. The fourth-order valence-corrected chi connectivity index (χ4v) is 4.84. The molecule has 1 aromatic heterocycles. The summed E-state index contributed by atoms with van der Waals surface area (Å²) in [6.45, 7) is 3.10. The number of urea groups is 1. The van der Waals surface area contributed by atoms with Gasteiger partial charge in [0.15, 0.2) is 0 Å². The standard InChI is InChI=1S/C24H26N4O3/c25-24(30)28-14-20-13-26-9-5-21(20)22(28)18-3-1-16(2-4-18)17-6-10-27(11-7-17)23(29)19-8-12-31-15-19/h1-6,9,13,19,22H,7-8,10-12,14-15H2,(H2,25,30)/t19-,22?/m1/s1. The molecule has 7 nitrogen and oxygen atoms in total. The Labute approximate surface area is 181 Å². The van der Waals surface area contributed by atoms with Gasteiger partial charge >= 0.3 is 6.03 Å². The van der Waals surface area contributed by atoms with Crippen LogP contribution in [0.4, 0.5) is 4.79 Å². The van der Waals surface area contributed by atoms with Crippen molar-refractivity contribution in [3.05, 3.63) is 71.1 Å². The monoisotopic (exact) mass is 418 g/mol. The lowest BCUT2D eigenvalue weighted by Gasteiger charge is -2.29. The van der Waals surface area contributed by atoms with Gasteiger partial charge in [-0.1, -0.05) is 30.3 Å². The van der Waals surface area contributed by atoms with Gasteiger partial charge in [-0.05, 0) is 46.7 Å². The summed E-state index contributed by atoms with van der Waals surface area (Å²) in [4.78, 5) is 32.4. The van der Waals surface area contributed by atoms with Gasteiger partial charge in [-0.2, -0.15) is 0 Å². The average molecular weight is 418 g/mol. The maximum atomic E-state index is 12.6. The van der Waals surface area contributed by atoms with E-state index >= 15 is 0 Å². The average Bonchev–Trinajstić information content (AvgIpc) is 3.47. The van der Waals surface area contributed by atoms with Crippen LogP contribution >= 0.6 is 0 Å². The molecule has 2 atom stereocenters. The minimum absolute atomic E-state index is 0.0203. The number of hydrogen-bond acceptors (Lipinski definition) is 4. The van der Waals surface area contributed by atoms with Gasteiger partial charge in [-0.3, -0.25) is 9.78 Å². The summed E-state index contributed by atoms with van der Waals surface area (Å²) in [6, 6.07) is 9.68. The molecular formula is C24H26N4O3. The van der Waals surface area contributed by atoms with Crippen LogP contribution in [-0.4, -0.2) is 53.0 Å². The van der Waals surface area contributed by atoms with Gasteiger partial charge in [-0.25, -0.2) is 4.79 Å². The van der Waals surface area contributed by atoms with Crippen LogP contribution in [0.25, 0.3) is 5.57 Å². The van der Waals surface area contributed by atoms with E-state index in [-0.39, 0.29) is 17.9 Å². The number of benzene rings is 1. The molecule has 0 spiro atoms. The van der Waals surface area contributed by atoms with Gasteiger partial charge < -0.3 is 20.3 Å². The number of aromatic nitrogens is 1. The molecule has 31 heavy (non-hydrogen) atoms. The van der Waals surface area contributed by atoms with E-state index in [0.717, 1.165) is 41.6 Å².